The van der Waals surface area contributed by atoms with Crippen LogP contribution in [-0.2, 0) is 6.42 Å². The van der Waals surface area contributed by atoms with E-state index in [1.807, 2.05) is 0 Å². The van der Waals surface area contributed by atoms with Crippen LogP contribution in [0.15, 0.2) is 4.79 Å². The SMILES string of the molecule is CCCCCCCCc1sc(=O)[nH]c1O. The second-order valence-corrected chi connectivity index (χ2v) is 4.87. The van der Waals surface area contributed by atoms with Crippen molar-refractivity contribution >= 4 is 11.3 Å². The van der Waals surface area contributed by atoms with E-state index in [2.05, 4.69) is 11.9 Å². The lowest BCUT2D eigenvalue weighted by Crippen LogP contribution is -1.89. The summed E-state index contributed by atoms with van der Waals surface area (Å²) in [5, 5.41) is 9.33. The van der Waals surface area contributed by atoms with Crippen LogP contribution in [-0.4, -0.2) is 10.1 Å². The molecule has 0 aliphatic rings. The predicted octanol–water partition coefficient (Wildman–Crippen LogP) is 3.05. The molecular weight excluding hydrogens is 210 g/mol. The Hall–Kier alpha value is -0.770. The van der Waals surface area contributed by atoms with Gasteiger partial charge < -0.3 is 5.11 Å². The fourth-order valence-corrected chi connectivity index (χ4v) is 2.35. The molecule has 1 aromatic rings. The van der Waals surface area contributed by atoms with E-state index in [1.165, 1.54) is 32.1 Å². The van der Waals surface area contributed by atoms with Gasteiger partial charge in [0.05, 0.1) is 4.88 Å². The van der Waals surface area contributed by atoms with Crippen LogP contribution >= 0.6 is 11.3 Å². The summed E-state index contributed by atoms with van der Waals surface area (Å²) in [6.45, 7) is 2.20. The molecule has 15 heavy (non-hydrogen) atoms. The number of rotatable bonds is 7. The lowest BCUT2D eigenvalue weighted by atomic mass is 10.1. The maximum atomic E-state index is 10.9. The first kappa shape index (κ1) is 12.3. The number of unbranched alkanes of at least 4 members (excludes halogenated alkanes) is 5. The molecule has 0 saturated heterocycles. The van der Waals surface area contributed by atoms with Crippen molar-refractivity contribution in [1.29, 1.82) is 0 Å². The lowest BCUT2D eigenvalue weighted by molar-refractivity contribution is 0.448. The Morgan fingerprint density at radius 1 is 1.20 bits per heavy atom. The molecule has 1 rings (SSSR count). The van der Waals surface area contributed by atoms with E-state index in [1.54, 1.807) is 0 Å². The van der Waals surface area contributed by atoms with Crippen molar-refractivity contribution < 1.29 is 5.11 Å². The average Bonchev–Trinajstić information content (AvgIpc) is 2.51. The van der Waals surface area contributed by atoms with Crippen molar-refractivity contribution in [1.82, 2.24) is 4.98 Å². The number of H-pyrrole nitrogens is 1. The molecule has 0 bridgehead atoms. The molecule has 0 aliphatic carbocycles. The quantitative estimate of drug-likeness (QED) is 0.706. The molecule has 0 unspecified atom stereocenters. The van der Waals surface area contributed by atoms with E-state index in [9.17, 15) is 9.90 Å². The van der Waals surface area contributed by atoms with Crippen molar-refractivity contribution in [2.45, 2.75) is 51.9 Å². The lowest BCUT2D eigenvalue weighted by Gasteiger charge is -1.99. The van der Waals surface area contributed by atoms with Crippen molar-refractivity contribution in [2.75, 3.05) is 0 Å². The molecule has 0 saturated carbocycles. The Morgan fingerprint density at radius 3 is 2.47 bits per heavy atom. The maximum absolute atomic E-state index is 10.9. The number of aromatic nitrogens is 1. The molecule has 0 fully saturated rings. The van der Waals surface area contributed by atoms with Crippen molar-refractivity contribution in [3.63, 3.8) is 0 Å². The molecular formula is C11H19NO2S. The first-order chi connectivity index (χ1) is 7.24. The van der Waals surface area contributed by atoms with Crippen LogP contribution < -0.4 is 4.87 Å². The highest BCUT2D eigenvalue weighted by Crippen LogP contribution is 2.19. The minimum absolute atomic E-state index is 0.0681. The van der Waals surface area contributed by atoms with Crippen molar-refractivity contribution in [3.8, 4) is 5.88 Å². The molecule has 0 spiro atoms. The topological polar surface area (TPSA) is 53.1 Å². The van der Waals surface area contributed by atoms with Crippen LogP contribution in [0.3, 0.4) is 0 Å². The maximum Gasteiger partial charge on any atom is 0.307 e. The smallest absolute Gasteiger partial charge is 0.307 e. The highest BCUT2D eigenvalue weighted by Gasteiger charge is 2.05. The van der Waals surface area contributed by atoms with Crippen molar-refractivity contribution in [2.24, 2.45) is 0 Å². The minimum Gasteiger partial charge on any atom is -0.494 e. The third-order valence-corrected chi connectivity index (χ3v) is 3.39. The molecule has 0 atom stereocenters. The van der Waals surface area contributed by atoms with Crippen LogP contribution in [0.4, 0.5) is 0 Å². The standard InChI is InChI=1S/C11H19NO2S/c1-2-3-4-5-6-7-8-9-10(13)12-11(14)15-9/h13H,2-8H2,1H3,(H,12,14). The van der Waals surface area contributed by atoms with Gasteiger partial charge in [-0.05, 0) is 12.8 Å². The zero-order chi connectivity index (χ0) is 11.1. The van der Waals surface area contributed by atoms with Gasteiger partial charge in [-0.2, -0.15) is 0 Å². The molecule has 4 heteroatoms. The molecule has 0 aromatic carbocycles. The molecule has 0 aliphatic heterocycles. The Balaban J connectivity index is 2.15. The van der Waals surface area contributed by atoms with Gasteiger partial charge in [0.1, 0.15) is 0 Å². The minimum atomic E-state index is -0.159. The fourth-order valence-electron chi connectivity index (χ4n) is 1.59. The van der Waals surface area contributed by atoms with E-state index >= 15 is 0 Å². The number of aromatic amines is 1. The van der Waals surface area contributed by atoms with Crippen LogP contribution in [0.1, 0.15) is 50.3 Å². The summed E-state index contributed by atoms with van der Waals surface area (Å²) in [6, 6.07) is 0. The second kappa shape index (κ2) is 6.67. The summed E-state index contributed by atoms with van der Waals surface area (Å²) in [5.74, 6) is 0.0681. The number of hydrogen-bond acceptors (Lipinski definition) is 3. The number of aryl methyl sites for hydroxylation is 1. The summed E-state index contributed by atoms with van der Waals surface area (Å²) in [7, 11) is 0. The fraction of sp³-hybridized carbons (Fsp3) is 0.727. The summed E-state index contributed by atoms with van der Waals surface area (Å²) in [5.41, 5.74) is 0. The summed E-state index contributed by atoms with van der Waals surface area (Å²) in [4.78, 5) is 13.9. The average molecular weight is 229 g/mol. The van der Waals surface area contributed by atoms with Gasteiger partial charge in [-0.3, -0.25) is 9.78 Å². The summed E-state index contributed by atoms with van der Waals surface area (Å²) < 4.78 is 0. The highest BCUT2D eigenvalue weighted by molar-refractivity contribution is 7.09. The normalized spacial score (nSPS) is 10.7. The number of thiazole rings is 1. The summed E-state index contributed by atoms with van der Waals surface area (Å²) in [6.07, 6.45) is 8.20. The van der Waals surface area contributed by atoms with E-state index in [0.717, 1.165) is 29.1 Å². The molecule has 2 N–H and O–H groups in total. The molecule has 86 valence electrons. The third-order valence-electron chi connectivity index (χ3n) is 2.46. The zero-order valence-electron chi connectivity index (χ0n) is 9.21. The Kier molecular flexibility index (Phi) is 5.47. The van der Waals surface area contributed by atoms with Gasteiger partial charge in [0, 0.05) is 0 Å². The second-order valence-electron chi connectivity index (χ2n) is 3.80. The monoisotopic (exact) mass is 229 g/mol. The van der Waals surface area contributed by atoms with Crippen LogP contribution in [0.2, 0.25) is 0 Å². The third kappa shape index (κ3) is 4.51. The molecule has 1 aromatic heterocycles. The Labute approximate surface area is 94.2 Å². The van der Waals surface area contributed by atoms with Gasteiger partial charge in [-0.25, -0.2) is 0 Å². The van der Waals surface area contributed by atoms with Crippen LogP contribution in [0, 0.1) is 0 Å². The molecule has 3 nitrogen and oxygen atoms in total. The zero-order valence-corrected chi connectivity index (χ0v) is 10.0. The first-order valence-corrected chi connectivity index (χ1v) is 6.46. The number of hydrogen-bond donors (Lipinski definition) is 2. The van der Waals surface area contributed by atoms with Crippen LogP contribution in [0.5, 0.6) is 5.88 Å². The molecule has 1 heterocycles. The largest absolute Gasteiger partial charge is 0.494 e. The van der Waals surface area contributed by atoms with Crippen molar-refractivity contribution in [3.05, 3.63) is 14.5 Å². The van der Waals surface area contributed by atoms with E-state index in [0.29, 0.717) is 0 Å². The van der Waals surface area contributed by atoms with E-state index in [-0.39, 0.29) is 10.8 Å². The van der Waals surface area contributed by atoms with E-state index in [4.69, 9.17) is 0 Å². The van der Waals surface area contributed by atoms with Gasteiger partial charge in [-0.1, -0.05) is 50.4 Å². The predicted molar refractivity (Wildman–Crippen MR) is 63.7 cm³/mol. The van der Waals surface area contributed by atoms with Gasteiger partial charge in [0.2, 0.25) is 5.88 Å². The highest BCUT2D eigenvalue weighted by atomic mass is 32.1. The van der Waals surface area contributed by atoms with Gasteiger partial charge in [-0.15, -0.1) is 0 Å². The van der Waals surface area contributed by atoms with Gasteiger partial charge >= 0.3 is 4.87 Å². The number of aromatic hydroxyl groups is 1. The number of nitrogens with one attached hydrogen (secondary N) is 1. The molecule has 0 amide bonds. The van der Waals surface area contributed by atoms with Crippen LogP contribution in [0.25, 0.3) is 0 Å². The van der Waals surface area contributed by atoms with Gasteiger partial charge in [0.15, 0.2) is 0 Å². The Bertz CT molecular complexity index is 330. The summed E-state index contributed by atoms with van der Waals surface area (Å²) >= 11 is 1.12. The molecule has 0 radical (unpaired) electrons. The first-order valence-electron chi connectivity index (χ1n) is 5.65. The Morgan fingerprint density at radius 2 is 1.87 bits per heavy atom. The van der Waals surface area contributed by atoms with Gasteiger partial charge in [0.25, 0.3) is 0 Å². The van der Waals surface area contributed by atoms with E-state index < -0.39 is 0 Å².